The van der Waals surface area contributed by atoms with Crippen LogP contribution in [0.25, 0.3) is 11.3 Å². The fourth-order valence-electron chi connectivity index (χ4n) is 2.71. The highest BCUT2D eigenvalue weighted by atomic mass is 16.4. The van der Waals surface area contributed by atoms with E-state index in [1.165, 1.54) is 0 Å². The van der Waals surface area contributed by atoms with Gasteiger partial charge in [0.25, 0.3) is 0 Å². The van der Waals surface area contributed by atoms with E-state index in [9.17, 15) is 9.90 Å². The van der Waals surface area contributed by atoms with Gasteiger partial charge in [-0.3, -0.25) is 4.79 Å². The molecule has 0 fully saturated rings. The molecule has 1 aromatic carbocycles. The maximum Gasteiger partial charge on any atom is 0.306 e. The number of rotatable bonds is 4. The normalized spacial score (nSPS) is 17.6. The molecule has 0 spiro atoms. The van der Waals surface area contributed by atoms with Crippen LogP contribution in [-0.4, -0.2) is 32.4 Å². The number of aliphatic carboxylic acids is 1. The summed E-state index contributed by atoms with van der Waals surface area (Å²) in [7, 11) is 0. The lowest BCUT2D eigenvalue weighted by molar-refractivity contribution is -0.141. The van der Waals surface area contributed by atoms with Gasteiger partial charge in [0, 0.05) is 17.2 Å². The number of nitrogens with zero attached hydrogens (tertiary/aromatic N) is 2. The van der Waals surface area contributed by atoms with Crippen LogP contribution in [0.3, 0.4) is 0 Å². The smallest absolute Gasteiger partial charge is 0.306 e. The fraction of sp³-hybridized carbons (Fsp3) is 0.312. The minimum absolute atomic E-state index is 0.0509. The van der Waals surface area contributed by atoms with E-state index >= 15 is 0 Å². The van der Waals surface area contributed by atoms with Crippen LogP contribution >= 0.6 is 0 Å². The number of carboxylic acids is 1. The fourth-order valence-corrected chi connectivity index (χ4v) is 2.71. The number of phenols is 1. The molecule has 0 unspecified atom stereocenters. The number of hydrogen-bond acceptors (Lipinski definition) is 5. The summed E-state index contributed by atoms with van der Waals surface area (Å²) < 4.78 is 0. The number of fused-ring (bicyclic) bond motifs is 1. The molecule has 1 aromatic heterocycles. The average Bonchev–Trinajstić information content (AvgIpc) is 2.88. The molecule has 0 aliphatic carbocycles. The summed E-state index contributed by atoms with van der Waals surface area (Å²) in [5.74, 6) is -0.336. The lowest BCUT2D eigenvalue weighted by Gasteiger charge is -2.13. The number of anilines is 1. The number of nitrogens with one attached hydrogen (secondary N) is 1. The van der Waals surface area contributed by atoms with Gasteiger partial charge in [-0.05, 0) is 31.0 Å². The van der Waals surface area contributed by atoms with E-state index < -0.39 is 11.9 Å². The van der Waals surface area contributed by atoms with Crippen LogP contribution in [0.4, 0.5) is 5.82 Å². The van der Waals surface area contributed by atoms with Crippen LogP contribution in [-0.2, 0) is 11.2 Å². The van der Waals surface area contributed by atoms with E-state index in [-0.39, 0.29) is 11.8 Å². The average molecular weight is 299 g/mol. The lowest BCUT2D eigenvalue weighted by Crippen LogP contribution is -2.23. The molecule has 114 valence electrons. The third-order valence-corrected chi connectivity index (χ3v) is 3.92. The van der Waals surface area contributed by atoms with Crippen molar-refractivity contribution in [2.45, 2.75) is 25.8 Å². The minimum Gasteiger partial charge on any atom is -0.507 e. The SMILES string of the molecule is C[C@@H](C[C@H]1Cc2cc(-c3ccccc3O)nnc2N1)C(=O)O. The number of phenolic OH excluding ortho intramolecular Hbond substituents is 1. The molecule has 1 aliphatic rings. The summed E-state index contributed by atoms with van der Waals surface area (Å²) in [6.45, 7) is 1.70. The molecule has 0 saturated heterocycles. The molecule has 0 saturated carbocycles. The van der Waals surface area contributed by atoms with Gasteiger partial charge in [0.1, 0.15) is 5.75 Å². The highest BCUT2D eigenvalue weighted by Gasteiger charge is 2.26. The van der Waals surface area contributed by atoms with Crippen molar-refractivity contribution in [2.75, 3.05) is 5.32 Å². The summed E-state index contributed by atoms with van der Waals surface area (Å²) in [5, 5.41) is 30.4. The number of carboxylic acid groups (broad SMARTS) is 1. The van der Waals surface area contributed by atoms with E-state index in [0.29, 0.717) is 29.9 Å². The summed E-state index contributed by atoms with van der Waals surface area (Å²) in [5.41, 5.74) is 2.25. The second-order valence-electron chi connectivity index (χ2n) is 5.64. The molecular weight excluding hydrogens is 282 g/mol. The van der Waals surface area contributed by atoms with Crippen molar-refractivity contribution in [3.8, 4) is 17.0 Å². The van der Waals surface area contributed by atoms with E-state index in [4.69, 9.17) is 5.11 Å². The Labute approximate surface area is 127 Å². The number of carbonyl (C=O) groups is 1. The predicted molar refractivity (Wildman–Crippen MR) is 81.7 cm³/mol. The van der Waals surface area contributed by atoms with Crippen LogP contribution < -0.4 is 5.32 Å². The number of aromatic nitrogens is 2. The Morgan fingerprint density at radius 1 is 1.41 bits per heavy atom. The Kier molecular flexibility index (Phi) is 3.66. The molecule has 3 rings (SSSR count). The Morgan fingerprint density at radius 2 is 2.18 bits per heavy atom. The molecular formula is C16H17N3O3. The first-order valence-corrected chi connectivity index (χ1v) is 7.19. The molecule has 22 heavy (non-hydrogen) atoms. The van der Waals surface area contributed by atoms with E-state index in [2.05, 4.69) is 15.5 Å². The Bertz CT molecular complexity index is 718. The van der Waals surface area contributed by atoms with Crippen molar-refractivity contribution in [3.05, 3.63) is 35.9 Å². The first kappa shape index (κ1) is 14.3. The van der Waals surface area contributed by atoms with Gasteiger partial charge in [0.2, 0.25) is 0 Å². The standard InChI is InChI=1S/C16H17N3O3/c1-9(16(21)22)6-11-7-10-8-13(18-19-15(10)17-11)12-4-2-3-5-14(12)20/h2-5,8-9,11,20H,6-7H2,1H3,(H,17,19)(H,21,22)/t9-,11-/m0/s1. The Morgan fingerprint density at radius 3 is 2.91 bits per heavy atom. The summed E-state index contributed by atoms with van der Waals surface area (Å²) in [6.07, 6.45) is 1.25. The highest BCUT2D eigenvalue weighted by Crippen LogP contribution is 2.32. The molecule has 3 N–H and O–H groups in total. The van der Waals surface area contributed by atoms with E-state index in [1.54, 1.807) is 25.1 Å². The van der Waals surface area contributed by atoms with E-state index in [0.717, 1.165) is 5.56 Å². The molecule has 2 heterocycles. The number of aromatic hydroxyl groups is 1. The van der Waals surface area contributed by atoms with Gasteiger partial charge in [-0.25, -0.2) is 0 Å². The van der Waals surface area contributed by atoms with Crippen LogP contribution in [0.2, 0.25) is 0 Å². The molecule has 0 radical (unpaired) electrons. The topological polar surface area (TPSA) is 95.3 Å². The van der Waals surface area contributed by atoms with Gasteiger partial charge >= 0.3 is 5.97 Å². The molecule has 6 nitrogen and oxygen atoms in total. The summed E-state index contributed by atoms with van der Waals surface area (Å²) in [6, 6.07) is 8.94. The lowest BCUT2D eigenvalue weighted by atomic mass is 9.99. The second-order valence-corrected chi connectivity index (χ2v) is 5.64. The molecule has 2 atom stereocenters. The van der Waals surface area contributed by atoms with Crippen molar-refractivity contribution in [3.63, 3.8) is 0 Å². The van der Waals surface area contributed by atoms with Crippen LogP contribution in [0.5, 0.6) is 5.75 Å². The number of benzene rings is 1. The van der Waals surface area contributed by atoms with Crippen molar-refractivity contribution in [2.24, 2.45) is 5.92 Å². The molecule has 6 heteroatoms. The number of hydrogen-bond donors (Lipinski definition) is 3. The summed E-state index contributed by atoms with van der Waals surface area (Å²) >= 11 is 0. The van der Waals surface area contributed by atoms with Gasteiger partial charge in [0.15, 0.2) is 5.82 Å². The quantitative estimate of drug-likeness (QED) is 0.801. The highest BCUT2D eigenvalue weighted by molar-refractivity contribution is 5.70. The molecule has 1 aliphatic heterocycles. The van der Waals surface area contributed by atoms with Gasteiger partial charge in [-0.2, -0.15) is 0 Å². The first-order chi connectivity index (χ1) is 10.5. The Balaban J connectivity index is 1.81. The zero-order valence-corrected chi connectivity index (χ0v) is 12.2. The van der Waals surface area contributed by atoms with Gasteiger partial charge < -0.3 is 15.5 Å². The zero-order valence-electron chi connectivity index (χ0n) is 12.2. The van der Waals surface area contributed by atoms with Gasteiger partial charge in [-0.1, -0.05) is 19.1 Å². The minimum atomic E-state index is -0.793. The summed E-state index contributed by atoms with van der Waals surface area (Å²) in [4.78, 5) is 11.0. The monoisotopic (exact) mass is 299 g/mol. The van der Waals surface area contributed by atoms with Gasteiger partial charge in [-0.15, -0.1) is 10.2 Å². The van der Waals surface area contributed by atoms with Crippen LogP contribution in [0.15, 0.2) is 30.3 Å². The molecule has 2 aromatic rings. The maximum absolute atomic E-state index is 11.0. The number of para-hydroxylation sites is 1. The zero-order chi connectivity index (χ0) is 15.7. The van der Waals surface area contributed by atoms with Crippen LogP contribution in [0.1, 0.15) is 18.9 Å². The maximum atomic E-state index is 11.0. The largest absolute Gasteiger partial charge is 0.507 e. The van der Waals surface area contributed by atoms with Crippen molar-refractivity contribution in [1.82, 2.24) is 10.2 Å². The first-order valence-electron chi connectivity index (χ1n) is 7.19. The Hall–Kier alpha value is -2.63. The van der Waals surface area contributed by atoms with Crippen molar-refractivity contribution >= 4 is 11.8 Å². The van der Waals surface area contributed by atoms with Crippen molar-refractivity contribution in [1.29, 1.82) is 0 Å². The van der Waals surface area contributed by atoms with Gasteiger partial charge in [0.05, 0.1) is 11.6 Å². The van der Waals surface area contributed by atoms with E-state index in [1.807, 2.05) is 12.1 Å². The second kappa shape index (κ2) is 5.63. The molecule has 0 amide bonds. The third-order valence-electron chi connectivity index (χ3n) is 3.92. The van der Waals surface area contributed by atoms with Crippen molar-refractivity contribution < 1.29 is 15.0 Å². The third kappa shape index (κ3) is 2.72. The molecule has 0 bridgehead atoms. The predicted octanol–water partition coefficient (Wildman–Crippen LogP) is 2.30. The van der Waals surface area contributed by atoms with Crippen LogP contribution in [0, 0.1) is 5.92 Å².